The zero-order valence-corrected chi connectivity index (χ0v) is 11.0. The van der Waals surface area contributed by atoms with Gasteiger partial charge >= 0.3 is 0 Å². The van der Waals surface area contributed by atoms with E-state index in [9.17, 15) is 0 Å². The van der Waals surface area contributed by atoms with Crippen molar-refractivity contribution in [2.24, 2.45) is 5.41 Å². The molecule has 0 heterocycles. The third kappa shape index (κ3) is 5.99. The van der Waals surface area contributed by atoms with Crippen LogP contribution in [0.3, 0.4) is 0 Å². The van der Waals surface area contributed by atoms with Crippen LogP contribution in [-0.2, 0) is 0 Å². The number of ether oxygens (including phenoxy) is 1. The molecule has 1 aromatic carbocycles. The molecule has 0 saturated heterocycles. The molecule has 0 fully saturated rings. The Bertz CT molecular complexity index is 320. The van der Waals surface area contributed by atoms with E-state index in [4.69, 9.17) is 16.3 Å². The van der Waals surface area contributed by atoms with Crippen molar-refractivity contribution in [2.75, 3.05) is 19.7 Å². The summed E-state index contributed by atoms with van der Waals surface area (Å²) in [5.74, 6) is 0.824. The molecule has 0 aromatic heterocycles. The number of benzene rings is 1. The maximum Gasteiger partial charge on any atom is 0.120 e. The first-order valence-electron chi connectivity index (χ1n) is 5.56. The number of hydrogen-bond acceptors (Lipinski definition) is 2. The molecule has 0 spiro atoms. The molecule has 1 rings (SSSR count). The molecular weight excluding hydrogens is 222 g/mol. The van der Waals surface area contributed by atoms with Crippen LogP contribution >= 0.6 is 11.6 Å². The molecule has 0 amide bonds. The van der Waals surface area contributed by atoms with Gasteiger partial charge in [-0.15, -0.1) is 0 Å². The van der Waals surface area contributed by atoms with E-state index in [1.54, 1.807) is 0 Å². The lowest BCUT2D eigenvalue weighted by Gasteiger charge is -2.18. The highest BCUT2D eigenvalue weighted by Gasteiger charge is 2.08. The average molecular weight is 242 g/mol. The molecule has 0 aliphatic carbocycles. The van der Waals surface area contributed by atoms with Gasteiger partial charge in [-0.3, -0.25) is 0 Å². The summed E-state index contributed by atoms with van der Waals surface area (Å²) >= 11 is 5.85. The van der Waals surface area contributed by atoms with Crippen LogP contribution in [0.15, 0.2) is 24.3 Å². The zero-order chi connectivity index (χ0) is 12.0. The van der Waals surface area contributed by atoms with Crippen LogP contribution in [-0.4, -0.2) is 19.7 Å². The largest absolute Gasteiger partial charge is 0.492 e. The molecule has 3 heteroatoms. The van der Waals surface area contributed by atoms with Crippen molar-refractivity contribution in [2.45, 2.75) is 20.8 Å². The molecule has 0 bridgehead atoms. The molecule has 90 valence electrons. The van der Waals surface area contributed by atoms with E-state index >= 15 is 0 Å². The SMILES string of the molecule is CC(C)(C)CNCCOc1cccc(Cl)c1. The smallest absolute Gasteiger partial charge is 0.120 e. The van der Waals surface area contributed by atoms with Crippen LogP contribution < -0.4 is 10.1 Å². The molecule has 2 nitrogen and oxygen atoms in total. The van der Waals surface area contributed by atoms with Crippen molar-refractivity contribution in [1.82, 2.24) is 5.32 Å². The quantitative estimate of drug-likeness (QED) is 0.799. The standard InChI is InChI=1S/C13H20ClNO/c1-13(2,3)10-15-7-8-16-12-6-4-5-11(14)9-12/h4-6,9,15H,7-8,10H2,1-3H3. The highest BCUT2D eigenvalue weighted by molar-refractivity contribution is 6.30. The molecule has 0 unspecified atom stereocenters. The molecule has 16 heavy (non-hydrogen) atoms. The summed E-state index contributed by atoms with van der Waals surface area (Å²) in [7, 11) is 0. The summed E-state index contributed by atoms with van der Waals surface area (Å²) < 4.78 is 5.55. The lowest BCUT2D eigenvalue weighted by molar-refractivity contribution is 0.297. The maximum absolute atomic E-state index is 5.85. The normalized spacial score (nSPS) is 11.5. The number of rotatable bonds is 5. The fourth-order valence-electron chi connectivity index (χ4n) is 1.26. The predicted molar refractivity (Wildman–Crippen MR) is 69.3 cm³/mol. The zero-order valence-electron chi connectivity index (χ0n) is 10.2. The number of nitrogens with one attached hydrogen (secondary N) is 1. The second kappa shape index (κ2) is 6.12. The van der Waals surface area contributed by atoms with Crippen LogP contribution in [0.1, 0.15) is 20.8 Å². The maximum atomic E-state index is 5.85. The second-order valence-corrected chi connectivity index (χ2v) is 5.48. The third-order valence-corrected chi connectivity index (χ3v) is 2.23. The number of halogens is 1. The summed E-state index contributed by atoms with van der Waals surface area (Å²) in [5, 5.41) is 4.06. The molecule has 0 saturated carbocycles. The van der Waals surface area contributed by atoms with Crippen molar-refractivity contribution < 1.29 is 4.74 Å². The van der Waals surface area contributed by atoms with Crippen LogP contribution in [0, 0.1) is 5.41 Å². The molecule has 0 aliphatic heterocycles. The van der Waals surface area contributed by atoms with Gasteiger partial charge in [0.1, 0.15) is 12.4 Å². The Morgan fingerprint density at radius 1 is 1.31 bits per heavy atom. The number of hydrogen-bond donors (Lipinski definition) is 1. The van der Waals surface area contributed by atoms with Crippen molar-refractivity contribution in [3.63, 3.8) is 0 Å². The molecular formula is C13H20ClNO. The van der Waals surface area contributed by atoms with Crippen LogP contribution in [0.5, 0.6) is 5.75 Å². The van der Waals surface area contributed by atoms with Crippen molar-refractivity contribution in [1.29, 1.82) is 0 Å². The van der Waals surface area contributed by atoms with Crippen LogP contribution in [0.2, 0.25) is 5.02 Å². The van der Waals surface area contributed by atoms with E-state index < -0.39 is 0 Å². The summed E-state index contributed by atoms with van der Waals surface area (Å²) in [4.78, 5) is 0. The summed E-state index contributed by atoms with van der Waals surface area (Å²) in [5.41, 5.74) is 0.316. The summed E-state index contributed by atoms with van der Waals surface area (Å²) in [6.07, 6.45) is 0. The van der Waals surface area contributed by atoms with Crippen molar-refractivity contribution in [3.05, 3.63) is 29.3 Å². The van der Waals surface area contributed by atoms with Gasteiger partial charge in [-0.05, 0) is 23.6 Å². The topological polar surface area (TPSA) is 21.3 Å². The van der Waals surface area contributed by atoms with E-state index in [1.807, 2.05) is 24.3 Å². The first kappa shape index (κ1) is 13.3. The van der Waals surface area contributed by atoms with Crippen LogP contribution in [0.4, 0.5) is 0 Å². The van der Waals surface area contributed by atoms with Gasteiger partial charge in [0.15, 0.2) is 0 Å². The van der Waals surface area contributed by atoms with E-state index in [0.717, 1.165) is 18.8 Å². The minimum absolute atomic E-state index is 0.316. The van der Waals surface area contributed by atoms with Gasteiger partial charge in [0.05, 0.1) is 0 Å². The van der Waals surface area contributed by atoms with E-state index in [0.29, 0.717) is 17.0 Å². The van der Waals surface area contributed by atoms with Gasteiger partial charge in [0.2, 0.25) is 0 Å². The predicted octanol–water partition coefficient (Wildman–Crippen LogP) is 3.35. The Kier molecular flexibility index (Phi) is 5.10. The Hall–Kier alpha value is -0.730. The van der Waals surface area contributed by atoms with Gasteiger partial charge in [0.25, 0.3) is 0 Å². The summed E-state index contributed by atoms with van der Waals surface area (Å²) in [6, 6.07) is 7.47. The Morgan fingerprint density at radius 2 is 2.06 bits per heavy atom. The van der Waals surface area contributed by atoms with Crippen molar-refractivity contribution in [3.8, 4) is 5.75 Å². The molecule has 0 aliphatic rings. The van der Waals surface area contributed by atoms with Gasteiger partial charge in [-0.2, -0.15) is 0 Å². The van der Waals surface area contributed by atoms with E-state index in [1.165, 1.54) is 0 Å². The third-order valence-electron chi connectivity index (χ3n) is 2.00. The van der Waals surface area contributed by atoms with Crippen molar-refractivity contribution >= 4 is 11.6 Å². The lowest BCUT2D eigenvalue weighted by Crippen LogP contribution is -2.30. The Labute approximate surface area is 103 Å². The minimum atomic E-state index is 0.316. The Morgan fingerprint density at radius 3 is 2.69 bits per heavy atom. The highest BCUT2D eigenvalue weighted by atomic mass is 35.5. The first-order valence-corrected chi connectivity index (χ1v) is 5.94. The monoisotopic (exact) mass is 241 g/mol. The fraction of sp³-hybridized carbons (Fsp3) is 0.538. The van der Waals surface area contributed by atoms with E-state index in [2.05, 4.69) is 26.1 Å². The second-order valence-electron chi connectivity index (χ2n) is 5.04. The van der Waals surface area contributed by atoms with E-state index in [-0.39, 0.29) is 0 Å². The van der Waals surface area contributed by atoms with Gasteiger partial charge in [-0.25, -0.2) is 0 Å². The lowest BCUT2D eigenvalue weighted by atomic mass is 9.97. The highest BCUT2D eigenvalue weighted by Crippen LogP contribution is 2.16. The van der Waals surface area contributed by atoms with Gasteiger partial charge in [0, 0.05) is 18.1 Å². The first-order chi connectivity index (χ1) is 7.47. The fourth-order valence-corrected chi connectivity index (χ4v) is 1.44. The molecule has 0 atom stereocenters. The average Bonchev–Trinajstić information content (AvgIpc) is 2.15. The summed E-state index contributed by atoms with van der Waals surface area (Å²) in [6.45, 7) is 9.12. The van der Waals surface area contributed by atoms with Gasteiger partial charge < -0.3 is 10.1 Å². The van der Waals surface area contributed by atoms with Gasteiger partial charge in [-0.1, -0.05) is 38.4 Å². The van der Waals surface area contributed by atoms with Crippen LogP contribution in [0.25, 0.3) is 0 Å². The molecule has 1 N–H and O–H groups in total. The minimum Gasteiger partial charge on any atom is -0.492 e. The molecule has 1 aromatic rings. The Balaban J connectivity index is 2.17. The molecule has 0 radical (unpaired) electrons.